The highest BCUT2D eigenvalue weighted by molar-refractivity contribution is 6.21. The van der Waals surface area contributed by atoms with Crippen molar-refractivity contribution in [1.82, 2.24) is 5.32 Å². The van der Waals surface area contributed by atoms with Gasteiger partial charge in [0, 0.05) is 20.1 Å². The Morgan fingerprint density at radius 1 is 1.47 bits per heavy atom. The molecule has 17 heavy (non-hydrogen) atoms. The fraction of sp³-hybridized carbons (Fsp3) is 0.923. The highest BCUT2D eigenvalue weighted by atomic mass is 35.5. The summed E-state index contributed by atoms with van der Waals surface area (Å²) in [5.74, 6) is 2.51. The third-order valence-corrected chi connectivity index (χ3v) is 4.48. The highest BCUT2D eigenvalue weighted by Gasteiger charge is 2.39. The maximum atomic E-state index is 11.8. The van der Waals surface area contributed by atoms with E-state index >= 15 is 0 Å². The van der Waals surface area contributed by atoms with Crippen LogP contribution in [-0.4, -0.2) is 31.5 Å². The Bertz CT molecular complexity index is 272. The molecule has 0 aromatic carbocycles. The molecule has 3 nitrogen and oxygen atoms in total. The minimum atomic E-state index is -0.121. The van der Waals surface area contributed by atoms with Gasteiger partial charge in [0.05, 0.1) is 12.0 Å². The van der Waals surface area contributed by atoms with E-state index in [2.05, 4.69) is 5.32 Å². The molecule has 0 radical (unpaired) electrons. The first-order valence-electron chi connectivity index (χ1n) is 6.58. The molecule has 2 rings (SSSR count). The average Bonchev–Trinajstić information content (AvgIpc) is 2.88. The van der Waals surface area contributed by atoms with Gasteiger partial charge in [0.2, 0.25) is 5.91 Å². The molecule has 2 aliphatic rings. The molecule has 4 heteroatoms. The van der Waals surface area contributed by atoms with E-state index in [0.717, 1.165) is 11.8 Å². The molecule has 4 unspecified atom stereocenters. The Hall–Kier alpha value is -0.280. The first-order valence-corrected chi connectivity index (χ1v) is 7.02. The zero-order valence-electron chi connectivity index (χ0n) is 10.5. The summed E-state index contributed by atoms with van der Waals surface area (Å²) in [7, 11) is 1.62. The van der Waals surface area contributed by atoms with Gasteiger partial charge < -0.3 is 10.1 Å². The van der Waals surface area contributed by atoms with Gasteiger partial charge in [-0.15, -0.1) is 11.6 Å². The SMILES string of the molecule is COCC(Cl)CNC(=O)CC1CC2CCC1C2. The van der Waals surface area contributed by atoms with Crippen molar-refractivity contribution in [1.29, 1.82) is 0 Å². The van der Waals surface area contributed by atoms with E-state index in [1.54, 1.807) is 7.11 Å². The van der Waals surface area contributed by atoms with Crippen LogP contribution in [0.1, 0.15) is 32.1 Å². The summed E-state index contributed by atoms with van der Waals surface area (Å²) in [5.41, 5.74) is 0. The van der Waals surface area contributed by atoms with E-state index in [4.69, 9.17) is 16.3 Å². The van der Waals surface area contributed by atoms with E-state index in [1.807, 2.05) is 0 Å². The molecular formula is C13H22ClNO2. The van der Waals surface area contributed by atoms with Gasteiger partial charge >= 0.3 is 0 Å². The van der Waals surface area contributed by atoms with Gasteiger partial charge in [0.25, 0.3) is 0 Å². The minimum absolute atomic E-state index is 0.121. The maximum Gasteiger partial charge on any atom is 0.220 e. The number of hydrogen-bond donors (Lipinski definition) is 1. The lowest BCUT2D eigenvalue weighted by atomic mass is 9.86. The van der Waals surface area contributed by atoms with Crippen LogP contribution in [0.15, 0.2) is 0 Å². The van der Waals surface area contributed by atoms with Crippen LogP contribution >= 0.6 is 11.6 Å². The van der Waals surface area contributed by atoms with Gasteiger partial charge in [-0.25, -0.2) is 0 Å². The third kappa shape index (κ3) is 3.59. The van der Waals surface area contributed by atoms with Crippen LogP contribution in [0.5, 0.6) is 0 Å². The molecule has 2 fully saturated rings. The van der Waals surface area contributed by atoms with Crippen molar-refractivity contribution in [2.75, 3.05) is 20.3 Å². The summed E-state index contributed by atoms with van der Waals surface area (Å²) < 4.78 is 4.93. The molecule has 98 valence electrons. The Kier molecular flexibility index (Phi) is 4.69. The molecular weight excluding hydrogens is 238 g/mol. The van der Waals surface area contributed by atoms with E-state index in [-0.39, 0.29) is 11.3 Å². The van der Waals surface area contributed by atoms with E-state index in [9.17, 15) is 4.79 Å². The molecule has 1 amide bonds. The first kappa shape index (κ1) is 13.2. The number of carbonyl (C=O) groups is 1. The van der Waals surface area contributed by atoms with Crippen LogP contribution in [0.2, 0.25) is 0 Å². The lowest BCUT2D eigenvalue weighted by Gasteiger charge is -2.21. The number of rotatable bonds is 6. The van der Waals surface area contributed by atoms with Gasteiger partial charge in [-0.3, -0.25) is 4.79 Å². The highest BCUT2D eigenvalue weighted by Crippen LogP contribution is 2.49. The van der Waals surface area contributed by atoms with Gasteiger partial charge in [0.1, 0.15) is 0 Å². The molecule has 0 aliphatic heterocycles. The Morgan fingerprint density at radius 3 is 2.88 bits per heavy atom. The smallest absolute Gasteiger partial charge is 0.220 e. The second-order valence-electron chi connectivity index (χ2n) is 5.50. The van der Waals surface area contributed by atoms with Crippen LogP contribution in [0.25, 0.3) is 0 Å². The summed E-state index contributed by atoms with van der Waals surface area (Å²) in [6, 6.07) is 0. The van der Waals surface area contributed by atoms with Crippen LogP contribution in [0.4, 0.5) is 0 Å². The first-order chi connectivity index (χ1) is 8.19. The van der Waals surface area contributed by atoms with Gasteiger partial charge in [-0.2, -0.15) is 0 Å². The second kappa shape index (κ2) is 6.05. The predicted molar refractivity (Wildman–Crippen MR) is 68.1 cm³/mol. The fourth-order valence-electron chi connectivity index (χ4n) is 3.40. The number of amides is 1. The molecule has 2 aliphatic carbocycles. The summed E-state index contributed by atoms with van der Waals surface area (Å²) in [6.07, 6.45) is 6.04. The summed E-state index contributed by atoms with van der Waals surface area (Å²) in [4.78, 5) is 11.8. The molecule has 2 saturated carbocycles. The van der Waals surface area contributed by atoms with Crippen LogP contribution in [0.3, 0.4) is 0 Å². The van der Waals surface area contributed by atoms with Crippen molar-refractivity contribution < 1.29 is 9.53 Å². The molecule has 0 saturated heterocycles. The Morgan fingerprint density at radius 2 is 2.29 bits per heavy atom. The molecule has 0 spiro atoms. The second-order valence-corrected chi connectivity index (χ2v) is 6.11. The summed E-state index contributed by atoms with van der Waals surface area (Å²) in [6.45, 7) is 0.991. The van der Waals surface area contributed by atoms with Gasteiger partial charge in [0.15, 0.2) is 0 Å². The quantitative estimate of drug-likeness (QED) is 0.743. The fourth-order valence-corrected chi connectivity index (χ4v) is 3.60. The van der Waals surface area contributed by atoms with E-state index in [1.165, 1.54) is 25.7 Å². The molecule has 0 aromatic rings. The topological polar surface area (TPSA) is 38.3 Å². The van der Waals surface area contributed by atoms with Crippen LogP contribution < -0.4 is 5.32 Å². The van der Waals surface area contributed by atoms with Crippen molar-refractivity contribution in [2.24, 2.45) is 17.8 Å². The number of methoxy groups -OCH3 is 1. The zero-order valence-corrected chi connectivity index (χ0v) is 11.2. The number of alkyl halides is 1. The number of carbonyl (C=O) groups excluding carboxylic acids is 1. The standard InChI is InChI=1S/C13H22ClNO2/c1-17-8-12(14)7-15-13(16)6-11-5-9-2-3-10(11)4-9/h9-12H,2-8H2,1H3,(H,15,16). The van der Waals surface area contributed by atoms with Gasteiger partial charge in [-0.05, 0) is 37.0 Å². The van der Waals surface area contributed by atoms with Crippen molar-refractivity contribution in [3.05, 3.63) is 0 Å². The van der Waals surface area contributed by atoms with Crippen molar-refractivity contribution in [3.8, 4) is 0 Å². The van der Waals surface area contributed by atoms with Gasteiger partial charge in [-0.1, -0.05) is 6.42 Å². The molecule has 0 heterocycles. The van der Waals surface area contributed by atoms with E-state index in [0.29, 0.717) is 25.5 Å². The van der Waals surface area contributed by atoms with Crippen molar-refractivity contribution in [2.45, 2.75) is 37.5 Å². The number of halogens is 1. The summed E-state index contributed by atoms with van der Waals surface area (Å²) >= 11 is 5.96. The third-order valence-electron chi connectivity index (χ3n) is 4.20. The van der Waals surface area contributed by atoms with Crippen LogP contribution in [0, 0.1) is 17.8 Å². The predicted octanol–water partition coefficient (Wildman–Crippen LogP) is 2.18. The van der Waals surface area contributed by atoms with Crippen molar-refractivity contribution in [3.63, 3.8) is 0 Å². The molecule has 4 atom stereocenters. The summed E-state index contributed by atoms with van der Waals surface area (Å²) in [5, 5.41) is 2.78. The molecule has 1 N–H and O–H groups in total. The number of nitrogens with one attached hydrogen (secondary N) is 1. The lowest BCUT2D eigenvalue weighted by Crippen LogP contribution is -2.33. The average molecular weight is 260 g/mol. The van der Waals surface area contributed by atoms with Crippen molar-refractivity contribution >= 4 is 17.5 Å². The molecule has 0 aromatic heterocycles. The monoisotopic (exact) mass is 259 g/mol. The Balaban J connectivity index is 1.64. The lowest BCUT2D eigenvalue weighted by molar-refractivity contribution is -0.122. The number of hydrogen-bond acceptors (Lipinski definition) is 2. The minimum Gasteiger partial charge on any atom is -0.383 e. The normalized spacial score (nSPS) is 32.7. The Labute approximate surface area is 108 Å². The zero-order chi connectivity index (χ0) is 12.3. The largest absolute Gasteiger partial charge is 0.383 e. The molecule has 2 bridgehead atoms. The maximum absolute atomic E-state index is 11.8. The van der Waals surface area contributed by atoms with Crippen LogP contribution in [-0.2, 0) is 9.53 Å². The number of fused-ring (bicyclic) bond motifs is 2. The van der Waals surface area contributed by atoms with E-state index < -0.39 is 0 Å². The number of ether oxygens (including phenoxy) is 1.